The van der Waals surface area contributed by atoms with Gasteiger partial charge >= 0.3 is 6.03 Å². The predicted octanol–water partition coefficient (Wildman–Crippen LogP) is 3.14. The molecule has 126 valence electrons. The van der Waals surface area contributed by atoms with Gasteiger partial charge in [-0.1, -0.05) is 24.3 Å². The SMILES string of the molecule is COc1ccc([C@H]2COC[C@H]2NC(=O)Nc2ccccc2F)cc1. The number of benzene rings is 2. The van der Waals surface area contributed by atoms with E-state index in [1.54, 1.807) is 19.2 Å². The van der Waals surface area contributed by atoms with Crippen LogP contribution >= 0.6 is 0 Å². The van der Waals surface area contributed by atoms with Crippen molar-refractivity contribution in [1.82, 2.24) is 5.32 Å². The zero-order valence-electron chi connectivity index (χ0n) is 13.3. The molecule has 1 saturated heterocycles. The highest BCUT2D eigenvalue weighted by Gasteiger charge is 2.31. The van der Waals surface area contributed by atoms with E-state index in [1.807, 2.05) is 24.3 Å². The molecule has 3 rings (SSSR count). The zero-order valence-corrected chi connectivity index (χ0v) is 13.3. The number of rotatable bonds is 4. The topological polar surface area (TPSA) is 59.6 Å². The van der Waals surface area contributed by atoms with Gasteiger partial charge in [-0.05, 0) is 29.8 Å². The van der Waals surface area contributed by atoms with Gasteiger partial charge in [0, 0.05) is 5.92 Å². The van der Waals surface area contributed by atoms with Crippen LogP contribution < -0.4 is 15.4 Å². The summed E-state index contributed by atoms with van der Waals surface area (Å²) < 4.78 is 24.3. The maximum atomic E-state index is 13.6. The quantitative estimate of drug-likeness (QED) is 0.905. The van der Waals surface area contributed by atoms with E-state index in [9.17, 15) is 9.18 Å². The van der Waals surface area contributed by atoms with Crippen molar-refractivity contribution >= 4 is 11.7 Å². The highest BCUT2D eigenvalue weighted by molar-refractivity contribution is 5.89. The molecule has 2 atom stereocenters. The van der Waals surface area contributed by atoms with Crippen LogP contribution in [0.25, 0.3) is 0 Å². The normalized spacial score (nSPS) is 19.8. The Morgan fingerprint density at radius 3 is 2.62 bits per heavy atom. The highest BCUT2D eigenvalue weighted by Crippen LogP contribution is 2.27. The van der Waals surface area contributed by atoms with Gasteiger partial charge in [0.05, 0.1) is 32.1 Å². The number of halogens is 1. The van der Waals surface area contributed by atoms with Crippen LogP contribution in [0.2, 0.25) is 0 Å². The molecule has 2 N–H and O–H groups in total. The van der Waals surface area contributed by atoms with E-state index in [-0.39, 0.29) is 17.6 Å². The standard InChI is InChI=1S/C18H19FN2O3/c1-23-13-8-6-12(7-9-13)14-10-24-11-17(14)21-18(22)20-16-5-3-2-4-15(16)19/h2-9,14,17H,10-11H2,1H3,(H2,20,21,22)/t14-,17-/m1/s1. The molecule has 0 unspecified atom stereocenters. The lowest BCUT2D eigenvalue weighted by molar-refractivity contribution is 0.187. The molecular weight excluding hydrogens is 311 g/mol. The Hall–Kier alpha value is -2.60. The molecule has 6 heteroatoms. The molecule has 2 aromatic carbocycles. The maximum Gasteiger partial charge on any atom is 0.319 e. The van der Waals surface area contributed by atoms with Crippen LogP contribution in [0, 0.1) is 5.82 Å². The molecule has 0 aromatic heterocycles. The van der Waals surface area contributed by atoms with E-state index < -0.39 is 11.8 Å². The van der Waals surface area contributed by atoms with Crippen LogP contribution in [0.4, 0.5) is 14.9 Å². The fraction of sp³-hybridized carbons (Fsp3) is 0.278. The summed E-state index contributed by atoms with van der Waals surface area (Å²) in [6.07, 6.45) is 0. The van der Waals surface area contributed by atoms with Crippen molar-refractivity contribution in [2.24, 2.45) is 0 Å². The van der Waals surface area contributed by atoms with E-state index in [0.717, 1.165) is 11.3 Å². The second kappa shape index (κ2) is 7.31. The average molecular weight is 330 g/mol. The smallest absolute Gasteiger partial charge is 0.319 e. The second-order valence-electron chi connectivity index (χ2n) is 5.60. The Kier molecular flexibility index (Phi) is 4.96. The third-order valence-electron chi connectivity index (χ3n) is 4.06. The van der Waals surface area contributed by atoms with Crippen LogP contribution in [0.1, 0.15) is 11.5 Å². The number of amides is 2. The largest absolute Gasteiger partial charge is 0.497 e. The average Bonchev–Trinajstić information content (AvgIpc) is 3.05. The van der Waals surface area contributed by atoms with Gasteiger partial charge in [0.25, 0.3) is 0 Å². The Morgan fingerprint density at radius 1 is 1.17 bits per heavy atom. The number of carbonyl (C=O) groups is 1. The van der Waals surface area contributed by atoms with Gasteiger partial charge in [-0.2, -0.15) is 0 Å². The van der Waals surface area contributed by atoms with E-state index in [0.29, 0.717) is 13.2 Å². The summed E-state index contributed by atoms with van der Waals surface area (Å²) in [5.74, 6) is 0.351. The molecule has 1 aliphatic heterocycles. The minimum Gasteiger partial charge on any atom is -0.497 e. The number of hydrogen-bond acceptors (Lipinski definition) is 3. The van der Waals surface area contributed by atoms with Crippen molar-refractivity contribution < 1.29 is 18.7 Å². The maximum absolute atomic E-state index is 13.6. The molecule has 0 saturated carbocycles. The Balaban J connectivity index is 1.65. The Labute approximate surface area is 139 Å². The molecule has 5 nitrogen and oxygen atoms in total. The number of anilines is 1. The Bertz CT molecular complexity index is 706. The van der Waals surface area contributed by atoms with Crippen LogP contribution in [-0.2, 0) is 4.74 Å². The summed E-state index contributed by atoms with van der Waals surface area (Å²) in [5, 5.41) is 5.39. The number of urea groups is 1. The van der Waals surface area contributed by atoms with Crippen LogP contribution in [0.3, 0.4) is 0 Å². The van der Waals surface area contributed by atoms with Crippen molar-refractivity contribution in [3.8, 4) is 5.75 Å². The molecule has 24 heavy (non-hydrogen) atoms. The predicted molar refractivity (Wildman–Crippen MR) is 88.9 cm³/mol. The fourth-order valence-electron chi connectivity index (χ4n) is 2.77. The minimum absolute atomic E-state index is 0.0438. The van der Waals surface area contributed by atoms with E-state index in [4.69, 9.17) is 9.47 Å². The number of nitrogens with one attached hydrogen (secondary N) is 2. The van der Waals surface area contributed by atoms with Crippen molar-refractivity contribution in [2.75, 3.05) is 25.6 Å². The number of carbonyl (C=O) groups excluding carboxylic acids is 1. The third-order valence-corrected chi connectivity index (χ3v) is 4.06. The zero-order chi connectivity index (χ0) is 16.9. The number of ether oxygens (including phenoxy) is 2. The van der Waals surface area contributed by atoms with Crippen molar-refractivity contribution in [3.63, 3.8) is 0 Å². The first-order chi connectivity index (χ1) is 11.7. The van der Waals surface area contributed by atoms with Crippen molar-refractivity contribution in [3.05, 3.63) is 59.9 Å². The van der Waals surface area contributed by atoms with Crippen LogP contribution in [0.5, 0.6) is 5.75 Å². The molecule has 1 aliphatic rings. The molecule has 0 radical (unpaired) electrons. The fourth-order valence-corrected chi connectivity index (χ4v) is 2.77. The molecule has 2 aromatic rings. The van der Waals surface area contributed by atoms with E-state index in [2.05, 4.69) is 10.6 Å². The monoisotopic (exact) mass is 330 g/mol. The van der Waals surface area contributed by atoms with Gasteiger partial charge in [-0.25, -0.2) is 9.18 Å². The number of methoxy groups -OCH3 is 1. The molecule has 1 heterocycles. The molecule has 0 aliphatic carbocycles. The van der Waals surface area contributed by atoms with Crippen molar-refractivity contribution in [1.29, 1.82) is 0 Å². The summed E-state index contributed by atoms with van der Waals surface area (Å²) >= 11 is 0. The van der Waals surface area contributed by atoms with Crippen LogP contribution in [-0.4, -0.2) is 32.4 Å². The highest BCUT2D eigenvalue weighted by atomic mass is 19.1. The first kappa shape index (κ1) is 16.3. The second-order valence-corrected chi connectivity index (χ2v) is 5.60. The summed E-state index contributed by atoms with van der Waals surface area (Å²) in [6, 6.07) is 13.1. The third kappa shape index (κ3) is 3.65. The summed E-state index contributed by atoms with van der Waals surface area (Å²) in [6.45, 7) is 0.943. The number of hydrogen-bond donors (Lipinski definition) is 2. The molecule has 1 fully saturated rings. The van der Waals surface area contributed by atoms with Gasteiger partial charge in [0.2, 0.25) is 0 Å². The van der Waals surface area contributed by atoms with Gasteiger partial charge < -0.3 is 20.1 Å². The van der Waals surface area contributed by atoms with Gasteiger partial charge in [-0.3, -0.25) is 0 Å². The minimum atomic E-state index is -0.470. The summed E-state index contributed by atoms with van der Waals surface area (Å²) in [7, 11) is 1.62. The summed E-state index contributed by atoms with van der Waals surface area (Å²) in [5.41, 5.74) is 1.21. The first-order valence-corrected chi connectivity index (χ1v) is 7.71. The van der Waals surface area contributed by atoms with E-state index in [1.165, 1.54) is 12.1 Å². The van der Waals surface area contributed by atoms with Gasteiger partial charge in [0.15, 0.2) is 0 Å². The lowest BCUT2D eigenvalue weighted by atomic mass is 9.94. The molecule has 0 bridgehead atoms. The Morgan fingerprint density at radius 2 is 1.92 bits per heavy atom. The molecular formula is C18H19FN2O3. The molecule has 2 amide bonds. The van der Waals surface area contributed by atoms with Gasteiger partial charge in [0.1, 0.15) is 11.6 Å². The van der Waals surface area contributed by atoms with Crippen LogP contribution in [0.15, 0.2) is 48.5 Å². The van der Waals surface area contributed by atoms with Crippen molar-refractivity contribution in [2.45, 2.75) is 12.0 Å². The molecule has 0 spiro atoms. The summed E-state index contributed by atoms with van der Waals surface area (Å²) in [4.78, 5) is 12.1. The van der Waals surface area contributed by atoms with Gasteiger partial charge in [-0.15, -0.1) is 0 Å². The lowest BCUT2D eigenvalue weighted by Gasteiger charge is -2.20. The van der Waals surface area contributed by atoms with E-state index >= 15 is 0 Å². The lowest BCUT2D eigenvalue weighted by Crippen LogP contribution is -2.41. The number of para-hydroxylation sites is 1. The first-order valence-electron chi connectivity index (χ1n) is 7.71.